The number of nitrogens with two attached hydrogens (primary N) is 1. The first-order chi connectivity index (χ1) is 10.3. The van der Waals surface area contributed by atoms with Gasteiger partial charge in [0.1, 0.15) is 0 Å². The lowest BCUT2D eigenvalue weighted by molar-refractivity contribution is 0.247. The Labute approximate surface area is 124 Å². The van der Waals surface area contributed by atoms with Crippen LogP contribution in [0.4, 0.5) is 11.5 Å². The second-order valence-electron chi connectivity index (χ2n) is 5.14. The largest absolute Gasteiger partial charge is 0.369 e. The molecule has 1 saturated heterocycles. The maximum Gasteiger partial charge on any atom is 0.158 e. The lowest BCUT2D eigenvalue weighted by Crippen LogP contribution is -2.46. The molecule has 2 aromatic rings. The Kier molecular flexibility index (Phi) is 4.28. The standard InChI is InChI=1S/C15H20N6/c16-19-15-11-17-13(10-18-15)12-20-6-8-21(9-7-20)14-4-2-1-3-5-14/h1-5,10-11H,6-9,12,16H2,(H,18,19). The number of benzene rings is 1. The normalized spacial score (nSPS) is 16.0. The van der Waals surface area contributed by atoms with Crippen LogP contribution in [-0.2, 0) is 6.54 Å². The number of hydrogen-bond donors (Lipinski definition) is 2. The van der Waals surface area contributed by atoms with Crippen LogP contribution < -0.4 is 16.2 Å². The Morgan fingerprint density at radius 3 is 2.38 bits per heavy atom. The highest BCUT2D eigenvalue weighted by Gasteiger charge is 2.17. The number of anilines is 2. The molecule has 110 valence electrons. The van der Waals surface area contributed by atoms with Gasteiger partial charge in [-0.05, 0) is 12.1 Å². The first kappa shape index (κ1) is 13.8. The minimum absolute atomic E-state index is 0.590. The maximum atomic E-state index is 5.29. The van der Waals surface area contributed by atoms with Crippen molar-refractivity contribution >= 4 is 11.5 Å². The fraction of sp³-hybridized carbons (Fsp3) is 0.333. The number of nitrogens with zero attached hydrogens (tertiary/aromatic N) is 4. The van der Waals surface area contributed by atoms with Crippen LogP contribution in [-0.4, -0.2) is 41.0 Å². The van der Waals surface area contributed by atoms with Gasteiger partial charge >= 0.3 is 0 Å². The summed E-state index contributed by atoms with van der Waals surface area (Å²) >= 11 is 0. The van der Waals surface area contributed by atoms with Gasteiger partial charge in [0.05, 0.1) is 18.1 Å². The molecule has 6 heteroatoms. The van der Waals surface area contributed by atoms with E-state index in [0.29, 0.717) is 5.82 Å². The van der Waals surface area contributed by atoms with Crippen molar-refractivity contribution in [3.8, 4) is 0 Å². The number of nitrogen functional groups attached to an aromatic ring is 1. The van der Waals surface area contributed by atoms with E-state index in [9.17, 15) is 0 Å². The molecule has 0 atom stereocenters. The molecule has 0 amide bonds. The molecular formula is C15H20N6. The van der Waals surface area contributed by atoms with Crippen molar-refractivity contribution in [2.24, 2.45) is 5.84 Å². The van der Waals surface area contributed by atoms with Gasteiger partial charge in [-0.1, -0.05) is 18.2 Å². The monoisotopic (exact) mass is 284 g/mol. The van der Waals surface area contributed by atoms with Crippen molar-refractivity contribution in [2.75, 3.05) is 36.5 Å². The topological polar surface area (TPSA) is 70.3 Å². The number of piperazine rings is 1. The van der Waals surface area contributed by atoms with E-state index >= 15 is 0 Å². The second kappa shape index (κ2) is 6.51. The number of hydrogen-bond acceptors (Lipinski definition) is 6. The summed E-state index contributed by atoms with van der Waals surface area (Å²) in [5.41, 5.74) is 4.76. The lowest BCUT2D eigenvalue weighted by atomic mass is 10.2. The average molecular weight is 284 g/mol. The summed E-state index contributed by atoms with van der Waals surface area (Å²) in [6.07, 6.45) is 3.44. The molecular weight excluding hydrogens is 264 g/mol. The molecule has 21 heavy (non-hydrogen) atoms. The third-order valence-electron chi connectivity index (χ3n) is 3.73. The zero-order chi connectivity index (χ0) is 14.5. The SMILES string of the molecule is NNc1cnc(CN2CCN(c3ccccc3)CC2)cn1. The zero-order valence-corrected chi connectivity index (χ0v) is 11.9. The Morgan fingerprint density at radius 1 is 1.00 bits per heavy atom. The van der Waals surface area contributed by atoms with Gasteiger partial charge < -0.3 is 10.3 Å². The summed E-state index contributed by atoms with van der Waals surface area (Å²) < 4.78 is 0. The molecule has 3 rings (SSSR count). The van der Waals surface area contributed by atoms with Crippen molar-refractivity contribution in [1.29, 1.82) is 0 Å². The summed E-state index contributed by atoms with van der Waals surface area (Å²) in [4.78, 5) is 13.4. The number of rotatable bonds is 4. The van der Waals surface area contributed by atoms with E-state index in [1.54, 1.807) is 12.4 Å². The van der Waals surface area contributed by atoms with Crippen LogP contribution in [0.1, 0.15) is 5.69 Å². The van der Waals surface area contributed by atoms with E-state index in [0.717, 1.165) is 38.4 Å². The fourth-order valence-electron chi connectivity index (χ4n) is 2.54. The van der Waals surface area contributed by atoms with Gasteiger partial charge in [-0.2, -0.15) is 0 Å². The molecule has 0 radical (unpaired) electrons. The Bertz CT molecular complexity index is 548. The fourth-order valence-corrected chi connectivity index (χ4v) is 2.54. The van der Waals surface area contributed by atoms with Gasteiger partial charge in [0.2, 0.25) is 0 Å². The molecule has 0 aliphatic carbocycles. The van der Waals surface area contributed by atoms with E-state index in [4.69, 9.17) is 5.84 Å². The van der Waals surface area contributed by atoms with Gasteiger partial charge in [0.15, 0.2) is 5.82 Å². The first-order valence-corrected chi connectivity index (χ1v) is 7.15. The lowest BCUT2D eigenvalue weighted by Gasteiger charge is -2.35. The van der Waals surface area contributed by atoms with Crippen LogP contribution >= 0.6 is 0 Å². The quantitative estimate of drug-likeness (QED) is 0.647. The van der Waals surface area contributed by atoms with Crippen molar-refractivity contribution in [3.05, 3.63) is 48.4 Å². The number of hydrazine groups is 1. The predicted molar refractivity (Wildman–Crippen MR) is 83.8 cm³/mol. The van der Waals surface area contributed by atoms with Crippen LogP contribution in [0.15, 0.2) is 42.7 Å². The molecule has 3 N–H and O–H groups in total. The second-order valence-corrected chi connectivity index (χ2v) is 5.14. The summed E-state index contributed by atoms with van der Waals surface area (Å²) in [7, 11) is 0. The minimum atomic E-state index is 0.590. The molecule has 6 nitrogen and oxygen atoms in total. The molecule has 0 spiro atoms. The molecule has 1 fully saturated rings. The highest BCUT2D eigenvalue weighted by Crippen LogP contribution is 2.16. The number of para-hydroxylation sites is 1. The van der Waals surface area contributed by atoms with Crippen LogP contribution in [0.3, 0.4) is 0 Å². The molecule has 0 unspecified atom stereocenters. The molecule has 0 bridgehead atoms. The van der Waals surface area contributed by atoms with Crippen LogP contribution in [0, 0.1) is 0 Å². The zero-order valence-electron chi connectivity index (χ0n) is 11.9. The van der Waals surface area contributed by atoms with Gasteiger partial charge in [-0.3, -0.25) is 9.88 Å². The summed E-state index contributed by atoms with van der Waals surface area (Å²) in [5.74, 6) is 5.88. The van der Waals surface area contributed by atoms with Crippen molar-refractivity contribution < 1.29 is 0 Å². The van der Waals surface area contributed by atoms with Crippen LogP contribution in [0.2, 0.25) is 0 Å². The third kappa shape index (κ3) is 3.48. The molecule has 1 aromatic heterocycles. The summed E-state index contributed by atoms with van der Waals surface area (Å²) in [5, 5.41) is 0. The molecule has 1 aromatic carbocycles. The van der Waals surface area contributed by atoms with E-state index in [2.05, 4.69) is 55.5 Å². The van der Waals surface area contributed by atoms with Crippen molar-refractivity contribution in [1.82, 2.24) is 14.9 Å². The maximum absolute atomic E-state index is 5.29. The number of aromatic nitrogens is 2. The predicted octanol–water partition coefficient (Wildman–Crippen LogP) is 1.08. The Hall–Kier alpha value is -2.18. The van der Waals surface area contributed by atoms with Crippen LogP contribution in [0.25, 0.3) is 0 Å². The third-order valence-corrected chi connectivity index (χ3v) is 3.73. The minimum Gasteiger partial charge on any atom is -0.369 e. The van der Waals surface area contributed by atoms with E-state index in [1.165, 1.54) is 5.69 Å². The van der Waals surface area contributed by atoms with Crippen molar-refractivity contribution in [2.45, 2.75) is 6.54 Å². The molecule has 1 aliphatic heterocycles. The van der Waals surface area contributed by atoms with E-state index < -0.39 is 0 Å². The smallest absolute Gasteiger partial charge is 0.158 e. The summed E-state index contributed by atoms with van der Waals surface area (Å²) in [6.45, 7) is 4.99. The highest BCUT2D eigenvalue weighted by molar-refractivity contribution is 5.46. The molecule has 0 saturated carbocycles. The van der Waals surface area contributed by atoms with Gasteiger partial charge in [0.25, 0.3) is 0 Å². The Balaban J connectivity index is 1.53. The van der Waals surface area contributed by atoms with E-state index in [1.807, 2.05) is 0 Å². The van der Waals surface area contributed by atoms with Gasteiger partial charge in [0, 0.05) is 38.4 Å². The first-order valence-electron chi connectivity index (χ1n) is 7.15. The average Bonchev–Trinajstić information content (AvgIpc) is 2.57. The van der Waals surface area contributed by atoms with E-state index in [-0.39, 0.29) is 0 Å². The van der Waals surface area contributed by atoms with Crippen LogP contribution in [0.5, 0.6) is 0 Å². The molecule has 2 heterocycles. The molecule has 1 aliphatic rings. The van der Waals surface area contributed by atoms with Gasteiger partial charge in [-0.15, -0.1) is 0 Å². The number of nitrogens with one attached hydrogen (secondary N) is 1. The summed E-state index contributed by atoms with van der Waals surface area (Å²) in [6, 6.07) is 10.6. The Morgan fingerprint density at radius 2 is 1.76 bits per heavy atom. The highest BCUT2D eigenvalue weighted by atomic mass is 15.3. The van der Waals surface area contributed by atoms with Gasteiger partial charge in [-0.25, -0.2) is 10.8 Å². The van der Waals surface area contributed by atoms with Crippen molar-refractivity contribution in [3.63, 3.8) is 0 Å².